The van der Waals surface area contributed by atoms with Gasteiger partial charge in [-0.15, -0.1) is 10.2 Å². The second kappa shape index (κ2) is 4.39. The number of rotatable bonds is 3. The molecule has 1 aliphatic heterocycles. The number of carbonyl (C=O) groups is 1. The first-order valence-corrected chi connectivity index (χ1v) is 4.87. The number of nitrogens with zero attached hydrogens (tertiary/aromatic N) is 2. The zero-order valence-electron chi connectivity index (χ0n) is 8.18. The van der Waals surface area contributed by atoms with Gasteiger partial charge in [0.25, 0.3) is 0 Å². The van der Waals surface area contributed by atoms with Gasteiger partial charge in [0.15, 0.2) is 0 Å². The third-order valence-electron chi connectivity index (χ3n) is 2.29. The molecule has 2 heterocycles. The third kappa shape index (κ3) is 2.53. The van der Waals surface area contributed by atoms with Crippen molar-refractivity contribution >= 4 is 5.97 Å². The van der Waals surface area contributed by atoms with Crippen LogP contribution in [0.15, 0.2) is 4.42 Å². The lowest BCUT2D eigenvalue weighted by Gasteiger charge is -2.18. The predicted molar refractivity (Wildman–Crippen MR) is 48.4 cm³/mol. The molecule has 0 saturated carbocycles. The molecule has 1 unspecified atom stereocenters. The van der Waals surface area contributed by atoms with Crippen LogP contribution in [0.1, 0.15) is 30.5 Å². The topological polar surface area (TPSA) is 85.5 Å². The highest BCUT2D eigenvalue weighted by atomic mass is 16.5. The molecule has 1 fully saturated rings. The van der Waals surface area contributed by atoms with E-state index in [1.807, 2.05) is 0 Å². The second-order valence-corrected chi connectivity index (χ2v) is 3.52. The Bertz CT molecular complexity index is 344. The van der Waals surface area contributed by atoms with Crippen LogP contribution in [-0.2, 0) is 16.0 Å². The van der Waals surface area contributed by atoms with E-state index in [-0.39, 0.29) is 18.2 Å². The van der Waals surface area contributed by atoms with Crippen LogP contribution in [0.25, 0.3) is 0 Å². The molecule has 0 amide bonds. The molecule has 0 spiro atoms. The molecule has 1 saturated heterocycles. The quantitative estimate of drug-likeness (QED) is 0.789. The van der Waals surface area contributed by atoms with Gasteiger partial charge in [-0.2, -0.15) is 0 Å². The molecule has 82 valence electrons. The van der Waals surface area contributed by atoms with Gasteiger partial charge in [0.1, 0.15) is 6.42 Å². The third-order valence-corrected chi connectivity index (χ3v) is 2.29. The lowest BCUT2D eigenvalue weighted by atomic mass is 10.0. The number of carboxylic acid groups (broad SMARTS) is 1. The fourth-order valence-corrected chi connectivity index (χ4v) is 1.57. The lowest BCUT2D eigenvalue weighted by molar-refractivity contribution is -0.136. The summed E-state index contributed by atoms with van der Waals surface area (Å²) in [5.74, 6) is -0.201. The van der Waals surface area contributed by atoms with E-state index in [4.69, 9.17) is 14.3 Å². The van der Waals surface area contributed by atoms with Crippen LogP contribution in [-0.4, -0.2) is 34.5 Å². The highest BCUT2D eigenvalue weighted by Crippen LogP contribution is 2.24. The van der Waals surface area contributed by atoms with Crippen molar-refractivity contribution in [2.45, 2.75) is 25.2 Å². The van der Waals surface area contributed by atoms with Gasteiger partial charge in [0.2, 0.25) is 11.8 Å². The molecule has 0 aliphatic carbocycles. The average molecular weight is 212 g/mol. The molecule has 1 aromatic rings. The maximum atomic E-state index is 10.4. The fourth-order valence-electron chi connectivity index (χ4n) is 1.57. The lowest BCUT2D eigenvalue weighted by Crippen LogP contribution is -2.15. The van der Waals surface area contributed by atoms with Gasteiger partial charge >= 0.3 is 5.97 Å². The van der Waals surface area contributed by atoms with Crippen LogP contribution in [0.3, 0.4) is 0 Å². The van der Waals surface area contributed by atoms with Crippen molar-refractivity contribution < 1.29 is 19.1 Å². The Balaban J connectivity index is 2.02. The molecule has 0 radical (unpaired) electrons. The summed E-state index contributed by atoms with van der Waals surface area (Å²) in [6.45, 7) is 1.35. The second-order valence-electron chi connectivity index (χ2n) is 3.52. The van der Waals surface area contributed by atoms with Crippen molar-refractivity contribution in [3.05, 3.63) is 11.8 Å². The minimum atomic E-state index is -0.968. The van der Waals surface area contributed by atoms with Gasteiger partial charge < -0.3 is 14.3 Å². The average Bonchev–Trinajstić information content (AvgIpc) is 2.67. The molecule has 1 atom stereocenters. The van der Waals surface area contributed by atoms with Gasteiger partial charge in [0, 0.05) is 6.61 Å². The first-order valence-electron chi connectivity index (χ1n) is 4.87. The summed E-state index contributed by atoms with van der Waals surface area (Å²) in [5, 5.41) is 16.0. The van der Waals surface area contributed by atoms with Crippen LogP contribution in [0.4, 0.5) is 0 Å². The summed E-state index contributed by atoms with van der Waals surface area (Å²) < 4.78 is 10.5. The molecular formula is C9H12N2O4. The zero-order valence-corrected chi connectivity index (χ0v) is 8.18. The Labute approximate surface area is 86.3 Å². The van der Waals surface area contributed by atoms with Crippen LogP contribution in [0.5, 0.6) is 0 Å². The minimum Gasteiger partial charge on any atom is -0.481 e. The van der Waals surface area contributed by atoms with E-state index in [2.05, 4.69) is 10.2 Å². The van der Waals surface area contributed by atoms with Crippen molar-refractivity contribution in [3.8, 4) is 0 Å². The van der Waals surface area contributed by atoms with Gasteiger partial charge in [-0.3, -0.25) is 4.79 Å². The van der Waals surface area contributed by atoms with Gasteiger partial charge in [-0.25, -0.2) is 0 Å². The monoisotopic (exact) mass is 212 g/mol. The minimum absolute atomic E-state index is 0.119. The largest absolute Gasteiger partial charge is 0.481 e. The zero-order chi connectivity index (χ0) is 10.7. The number of hydrogen-bond acceptors (Lipinski definition) is 5. The van der Waals surface area contributed by atoms with Gasteiger partial charge in [-0.05, 0) is 12.8 Å². The van der Waals surface area contributed by atoms with Crippen LogP contribution in [0.2, 0.25) is 0 Å². The first-order chi connectivity index (χ1) is 7.25. The Kier molecular flexibility index (Phi) is 2.96. The highest BCUT2D eigenvalue weighted by Gasteiger charge is 2.22. The van der Waals surface area contributed by atoms with Crippen molar-refractivity contribution in [1.29, 1.82) is 0 Å². The predicted octanol–water partition coefficient (Wildman–Crippen LogP) is 0.591. The van der Waals surface area contributed by atoms with Gasteiger partial charge in [-0.1, -0.05) is 0 Å². The molecule has 0 aromatic carbocycles. The summed E-state index contributed by atoms with van der Waals surface area (Å²) in [6.07, 6.45) is 1.70. The summed E-state index contributed by atoms with van der Waals surface area (Å²) in [4.78, 5) is 10.4. The van der Waals surface area contributed by atoms with Crippen LogP contribution < -0.4 is 0 Å². The number of ether oxygens (including phenoxy) is 1. The summed E-state index contributed by atoms with van der Waals surface area (Å²) in [5.41, 5.74) is 0. The van der Waals surface area contributed by atoms with Crippen LogP contribution >= 0.6 is 0 Å². The SMILES string of the molecule is O=C(O)Cc1nnc(C2CCCOC2)o1. The summed E-state index contributed by atoms with van der Waals surface area (Å²) in [6, 6.07) is 0. The van der Waals surface area contributed by atoms with Crippen molar-refractivity contribution in [2.24, 2.45) is 0 Å². The van der Waals surface area contributed by atoms with E-state index in [1.165, 1.54) is 0 Å². The van der Waals surface area contributed by atoms with Crippen molar-refractivity contribution in [2.75, 3.05) is 13.2 Å². The summed E-state index contributed by atoms with van der Waals surface area (Å²) in [7, 11) is 0. The maximum Gasteiger partial charge on any atom is 0.312 e. The number of carboxylic acids is 1. The summed E-state index contributed by atoms with van der Waals surface area (Å²) >= 11 is 0. The molecule has 1 aliphatic rings. The Morgan fingerprint density at radius 3 is 3.07 bits per heavy atom. The number of aliphatic carboxylic acids is 1. The van der Waals surface area contributed by atoms with Crippen LogP contribution in [0, 0.1) is 0 Å². The highest BCUT2D eigenvalue weighted by molar-refractivity contribution is 5.68. The standard InChI is InChI=1S/C9H12N2O4/c12-8(13)4-7-10-11-9(15-7)6-2-1-3-14-5-6/h6H,1-5H2,(H,12,13). The number of aromatic nitrogens is 2. The van der Waals surface area contributed by atoms with E-state index in [0.29, 0.717) is 12.5 Å². The molecule has 1 aromatic heterocycles. The van der Waals surface area contributed by atoms with E-state index in [9.17, 15) is 4.79 Å². The number of hydrogen-bond donors (Lipinski definition) is 1. The molecule has 6 nitrogen and oxygen atoms in total. The molecule has 6 heteroatoms. The molecule has 15 heavy (non-hydrogen) atoms. The van der Waals surface area contributed by atoms with Crippen molar-refractivity contribution in [1.82, 2.24) is 10.2 Å². The van der Waals surface area contributed by atoms with E-state index < -0.39 is 5.97 Å². The smallest absolute Gasteiger partial charge is 0.312 e. The Hall–Kier alpha value is -1.43. The maximum absolute atomic E-state index is 10.4. The molecule has 0 bridgehead atoms. The van der Waals surface area contributed by atoms with E-state index >= 15 is 0 Å². The van der Waals surface area contributed by atoms with Crippen molar-refractivity contribution in [3.63, 3.8) is 0 Å². The van der Waals surface area contributed by atoms with Gasteiger partial charge in [0.05, 0.1) is 12.5 Å². The normalized spacial score (nSPS) is 21.5. The Morgan fingerprint density at radius 2 is 2.40 bits per heavy atom. The molecular weight excluding hydrogens is 200 g/mol. The first kappa shape index (κ1) is 10.1. The van der Waals surface area contributed by atoms with E-state index in [0.717, 1.165) is 19.4 Å². The molecule has 2 rings (SSSR count). The van der Waals surface area contributed by atoms with E-state index in [1.54, 1.807) is 0 Å². The Morgan fingerprint density at radius 1 is 1.53 bits per heavy atom. The molecule has 1 N–H and O–H groups in total. The fraction of sp³-hybridized carbons (Fsp3) is 0.667.